The van der Waals surface area contributed by atoms with Crippen LogP contribution in [0.3, 0.4) is 0 Å². The predicted octanol–water partition coefficient (Wildman–Crippen LogP) is 1.33. The molecule has 0 unspecified atom stereocenters. The molecule has 100 valence electrons. The smallest absolute Gasteiger partial charge is 0.268 e. The molecule has 0 radical (unpaired) electrons. The summed E-state index contributed by atoms with van der Waals surface area (Å²) in [5.74, 6) is -0.385. The van der Waals surface area contributed by atoms with Crippen LogP contribution in [0.4, 0.5) is 0 Å². The Morgan fingerprint density at radius 1 is 1.33 bits per heavy atom. The average molecular weight is 252 g/mol. The maximum absolute atomic E-state index is 12.1. The fourth-order valence-corrected chi connectivity index (χ4v) is 1.91. The monoisotopic (exact) mass is 252 g/mol. The number of nitrogens with one attached hydrogen (secondary N) is 2. The minimum absolute atomic E-state index is 0.0679. The summed E-state index contributed by atoms with van der Waals surface area (Å²) >= 11 is 0. The third kappa shape index (κ3) is 2.79. The van der Waals surface area contributed by atoms with Gasteiger partial charge in [-0.15, -0.1) is 0 Å². The summed E-state index contributed by atoms with van der Waals surface area (Å²) in [5, 5.41) is 11.8. The zero-order valence-electron chi connectivity index (χ0n) is 11.5. The maximum atomic E-state index is 12.1. The van der Waals surface area contributed by atoms with Gasteiger partial charge >= 0.3 is 0 Å². The van der Waals surface area contributed by atoms with Crippen molar-refractivity contribution in [3.05, 3.63) is 22.5 Å². The van der Waals surface area contributed by atoms with Crippen LogP contribution in [0.2, 0.25) is 0 Å². The van der Waals surface area contributed by atoms with Crippen LogP contribution in [0.5, 0.6) is 0 Å². The van der Waals surface area contributed by atoms with E-state index in [1.165, 1.54) is 6.92 Å². The molecule has 1 aromatic heterocycles. The Balaban J connectivity index is 3.09. The molecule has 1 aromatic rings. The van der Waals surface area contributed by atoms with Gasteiger partial charge in [-0.3, -0.25) is 9.59 Å². The van der Waals surface area contributed by atoms with Crippen molar-refractivity contribution in [3.63, 3.8) is 0 Å². The quantitative estimate of drug-likeness (QED) is 0.707. The molecule has 0 aliphatic rings. The van der Waals surface area contributed by atoms with Crippen LogP contribution < -0.4 is 5.32 Å². The SMILES string of the molecule is CC(=O)c1c(C)[nH]c(C(=O)NC(C)(C)CO)c1C. The molecular weight excluding hydrogens is 232 g/mol. The summed E-state index contributed by atoms with van der Waals surface area (Å²) in [6, 6.07) is 0. The lowest BCUT2D eigenvalue weighted by molar-refractivity contribution is 0.0864. The second-order valence-electron chi connectivity index (χ2n) is 5.18. The summed E-state index contributed by atoms with van der Waals surface area (Å²) in [6.45, 7) is 8.27. The Morgan fingerprint density at radius 3 is 2.28 bits per heavy atom. The molecule has 5 heteroatoms. The van der Waals surface area contributed by atoms with E-state index in [-0.39, 0.29) is 18.3 Å². The van der Waals surface area contributed by atoms with Crippen molar-refractivity contribution in [3.8, 4) is 0 Å². The second kappa shape index (κ2) is 4.94. The topological polar surface area (TPSA) is 82.2 Å². The molecule has 3 N–H and O–H groups in total. The number of carbonyl (C=O) groups excluding carboxylic acids is 2. The first-order chi connectivity index (χ1) is 8.19. The average Bonchev–Trinajstić information content (AvgIpc) is 2.53. The summed E-state index contributed by atoms with van der Waals surface area (Å²) in [5.41, 5.74) is 1.57. The van der Waals surface area contributed by atoms with Crippen LogP contribution in [0.1, 0.15) is 52.9 Å². The number of ketones is 1. The van der Waals surface area contributed by atoms with Crippen molar-refractivity contribution in [2.24, 2.45) is 0 Å². The summed E-state index contributed by atoms with van der Waals surface area (Å²) in [4.78, 5) is 26.5. The van der Waals surface area contributed by atoms with Crippen molar-refractivity contribution in [1.29, 1.82) is 0 Å². The Hall–Kier alpha value is -1.62. The van der Waals surface area contributed by atoms with Gasteiger partial charge in [0.1, 0.15) is 5.69 Å². The number of hydrogen-bond acceptors (Lipinski definition) is 3. The van der Waals surface area contributed by atoms with E-state index >= 15 is 0 Å². The lowest BCUT2D eigenvalue weighted by Crippen LogP contribution is -2.46. The lowest BCUT2D eigenvalue weighted by atomic mass is 10.0. The Bertz CT molecular complexity index is 487. The van der Waals surface area contributed by atoms with Crippen LogP contribution in [-0.4, -0.2) is 33.9 Å². The van der Waals surface area contributed by atoms with E-state index in [0.29, 0.717) is 22.5 Å². The van der Waals surface area contributed by atoms with Crippen LogP contribution in [0.15, 0.2) is 0 Å². The van der Waals surface area contributed by atoms with Gasteiger partial charge in [0.05, 0.1) is 12.1 Å². The van der Waals surface area contributed by atoms with Gasteiger partial charge in [0.2, 0.25) is 0 Å². The molecule has 0 aromatic carbocycles. The molecule has 0 bridgehead atoms. The zero-order chi connectivity index (χ0) is 14.1. The molecule has 0 aliphatic heterocycles. The summed E-state index contributed by atoms with van der Waals surface area (Å²) < 4.78 is 0. The Morgan fingerprint density at radius 2 is 1.89 bits per heavy atom. The molecule has 0 fully saturated rings. The molecule has 0 saturated carbocycles. The van der Waals surface area contributed by atoms with E-state index in [2.05, 4.69) is 10.3 Å². The maximum Gasteiger partial charge on any atom is 0.268 e. The first-order valence-corrected chi connectivity index (χ1v) is 5.83. The van der Waals surface area contributed by atoms with Gasteiger partial charge in [-0.1, -0.05) is 0 Å². The van der Waals surface area contributed by atoms with Crippen molar-refractivity contribution >= 4 is 11.7 Å². The molecular formula is C13H20N2O3. The lowest BCUT2D eigenvalue weighted by Gasteiger charge is -2.23. The number of H-pyrrole nitrogens is 1. The van der Waals surface area contributed by atoms with Crippen LogP contribution in [-0.2, 0) is 0 Å². The number of rotatable bonds is 4. The highest BCUT2D eigenvalue weighted by molar-refractivity contribution is 6.02. The van der Waals surface area contributed by atoms with E-state index in [4.69, 9.17) is 5.11 Å². The number of aromatic nitrogens is 1. The zero-order valence-corrected chi connectivity index (χ0v) is 11.5. The third-order valence-electron chi connectivity index (χ3n) is 2.86. The van der Waals surface area contributed by atoms with E-state index in [1.54, 1.807) is 27.7 Å². The number of carbonyl (C=O) groups is 2. The van der Waals surface area contributed by atoms with Crippen LogP contribution >= 0.6 is 0 Å². The number of aliphatic hydroxyl groups is 1. The highest BCUT2D eigenvalue weighted by atomic mass is 16.3. The van der Waals surface area contributed by atoms with Crippen LogP contribution in [0, 0.1) is 13.8 Å². The highest BCUT2D eigenvalue weighted by Crippen LogP contribution is 2.19. The van der Waals surface area contributed by atoms with Gasteiger partial charge in [0.25, 0.3) is 5.91 Å². The van der Waals surface area contributed by atoms with Crippen molar-refractivity contribution in [2.75, 3.05) is 6.61 Å². The van der Waals surface area contributed by atoms with Crippen molar-refractivity contribution in [1.82, 2.24) is 10.3 Å². The number of aliphatic hydroxyl groups excluding tert-OH is 1. The summed E-state index contributed by atoms with van der Waals surface area (Å²) in [7, 11) is 0. The minimum Gasteiger partial charge on any atom is -0.394 e. The molecule has 1 rings (SSSR count). The molecule has 0 spiro atoms. The van der Waals surface area contributed by atoms with Gasteiger partial charge in [-0.25, -0.2) is 0 Å². The predicted molar refractivity (Wildman–Crippen MR) is 68.9 cm³/mol. The Kier molecular flexibility index (Phi) is 3.96. The molecule has 1 heterocycles. The van der Waals surface area contributed by atoms with Crippen molar-refractivity contribution < 1.29 is 14.7 Å². The number of Topliss-reactive ketones (excluding diaryl/α,β-unsaturated/α-hetero) is 1. The number of aryl methyl sites for hydroxylation is 1. The molecule has 0 aliphatic carbocycles. The minimum atomic E-state index is -0.696. The molecule has 0 atom stereocenters. The first kappa shape index (κ1) is 14.4. The summed E-state index contributed by atoms with van der Waals surface area (Å²) in [6.07, 6.45) is 0. The standard InChI is InChI=1S/C13H20N2O3/c1-7-10(9(3)17)8(2)14-11(7)12(18)15-13(4,5)6-16/h14,16H,6H2,1-5H3,(H,15,18). The fraction of sp³-hybridized carbons (Fsp3) is 0.538. The third-order valence-corrected chi connectivity index (χ3v) is 2.86. The van der Waals surface area contributed by atoms with Gasteiger partial charge in [-0.2, -0.15) is 0 Å². The van der Waals surface area contributed by atoms with Crippen LogP contribution in [0.25, 0.3) is 0 Å². The highest BCUT2D eigenvalue weighted by Gasteiger charge is 2.24. The van der Waals surface area contributed by atoms with Gasteiger partial charge < -0.3 is 15.4 Å². The van der Waals surface area contributed by atoms with Gasteiger partial charge in [-0.05, 0) is 40.2 Å². The van der Waals surface area contributed by atoms with Gasteiger partial charge in [0, 0.05) is 11.3 Å². The molecule has 5 nitrogen and oxygen atoms in total. The number of hydrogen-bond donors (Lipinski definition) is 3. The molecule has 1 amide bonds. The van der Waals surface area contributed by atoms with E-state index in [1.807, 2.05) is 0 Å². The van der Waals surface area contributed by atoms with Crippen molar-refractivity contribution in [2.45, 2.75) is 40.2 Å². The Labute approximate surface area is 107 Å². The first-order valence-electron chi connectivity index (χ1n) is 5.83. The fourth-order valence-electron chi connectivity index (χ4n) is 1.91. The van der Waals surface area contributed by atoms with E-state index in [0.717, 1.165) is 0 Å². The second-order valence-corrected chi connectivity index (χ2v) is 5.18. The number of aromatic amines is 1. The van der Waals surface area contributed by atoms with E-state index in [9.17, 15) is 9.59 Å². The van der Waals surface area contributed by atoms with Gasteiger partial charge in [0.15, 0.2) is 5.78 Å². The largest absolute Gasteiger partial charge is 0.394 e. The normalized spacial score (nSPS) is 11.4. The molecule has 0 saturated heterocycles. The van der Waals surface area contributed by atoms with E-state index < -0.39 is 5.54 Å². The number of amides is 1. The molecule has 18 heavy (non-hydrogen) atoms.